The molecule has 0 aliphatic carbocycles. The van der Waals surface area contributed by atoms with Gasteiger partial charge in [-0.25, -0.2) is 0 Å². The minimum absolute atomic E-state index is 0.540. The van der Waals surface area contributed by atoms with E-state index in [0.29, 0.717) is 12.1 Å². The van der Waals surface area contributed by atoms with Gasteiger partial charge in [0.25, 0.3) is 0 Å². The third-order valence-electron chi connectivity index (χ3n) is 3.98. The summed E-state index contributed by atoms with van der Waals surface area (Å²) in [5.74, 6) is 0. The molecule has 0 saturated carbocycles. The minimum Gasteiger partial charge on any atom is -0.369 e. The van der Waals surface area contributed by atoms with E-state index in [1.54, 1.807) is 0 Å². The molecule has 0 radical (unpaired) electrons. The van der Waals surface area contributed by atoms with Crippen LogP contribution in [0.15, 0.2) is 24.3 Å². The zero-order valence-corrected chi connectivity index (χ0v) is 12.7. The van der Waals surface area contributed by atoms with E-state index in [4.69, 9.17) is 0 Å². The molecule has 1 N–H and O–H groups in total. The van der Waals surface area contributed by atoms with Gasteiger partial charge in [-0.1, -0.05) is 26.0 Å². The van der Waals surface area contributed by atoms with Crippen LogP contribution < -0.4 is 10.2 Å². The first-order valence-electron chi connectivity index (χ1n) is 7.34. The van der Waals surface area contributed by atoms with Crippen molar-refractivity contribution in [2.75, 3.05) is 31.6 Å². The molecule has 0 aromatic heterocycles. The van der Waals surface area contributed by atoms with Crippen LogP contribution in [0.2, 0.25) is 0 Å². The number of hydrogen-bond acceptors (Lipinski definition) is 3. The van der Waals surface area contributed by atoms with Crippen LogP contribution in [0.25, 0.3) is 0 Å². The van der Waals surface area contributed by atoms with Gasteiger partial charge in [-0.05, 0) is 31.7 Å². The third kappa shape index (κ3) is 3.95. The molecule has 1 heterocycles. The lowest BCUT2D eigenvalue weighted by atomic mass is 10.1. The average molecular weight is 261 g/mol. The molecular weight excluding hydrogens is 234 g/mol. The number of benzene rings is 1. The van der Waals surface area contributed by atoms with Gasteiger partial charge in [0, 0.05) is 44.0 Å². The van der Waals surface area contributed by atoms with Crippen LogP contribution in [0.4, 0.5) is 5.69 Å². The molecule has 1 atom stereocenters. The Morgan fingerprint density at radius 2 is 1.89 bits per heavy atom. The summed E-state index contributed by atoms with van der Waals surface area (Å²) in [5.41, 5.74) is 2.72. The zero-order chi connectivity index (χ0) is 13.8. The number of piperazine rings is 1. The topological polar surface area (TPSA) is 18.5 Å². The van der Waals surface area contributed by atoms with E-state index in [2.05, 4.69) is 67.2 Å². The van der Waals surface area contributed by atoms with E-state index in [1.807, 2.05) is 0 Å². The third-order valence-corrected chi connectivity index (χ3v) is 3.98. The van der Waals surface area contributed by atoms with Crippen LogP contribution >= 0.6 is 0 Å². The molecule has 3 nitrogen and oxygen atoms in total. The summed E-state index contributed by atoms with van der Waals surface area (Å²) in [5, 5.41) is 3.45. The Hall–Kier alpha value is -1.06. The Kier molecular flexibility index (Phi) is 4.83. The van der Waals surface area contributed by atoms with Crippen LogP contribution in [0.3, 0.4) is 0 Å². The van der Waals surface area contributed by atoms with Crippen molar-refractivity contribution in [2.45, 2.75) is 39.4 Å². The Labute approximate surface area is 117 Å². The summed E-state index contributed by atoms with van der Waals surface area (Å²) in [6, 6.07) is 10.2. The average Bonchev–Trinajstić information content (AvgIpc) is 2.40. The van der Waals surface area contributed by atoms with Gasteiger partial charge in [0.05, 0.1) is 0 Å². The van der Waals surface area contributed by atoms with Gasteiger partial charge in [-0.3, -0.25) is 0 Å². The van der Waals surface area contributed by atoms with E-state index in [-0.39, 0.29) is 0 Å². The minimum atomic E-state index is 0.540. The molecule has 1 saturated heterocycles. The Balaban J connectivity index is 1.94. The molecular formula is C16H27N3. The monoisotopic (exact) mass is 261 g/mol. The number of hydrogen-bond donors (Lipinski definition) is 1. The van der Waals surface area contributed by atoms with Crippen molar-refractivity contribution in [3.63, 3.8) is 0 Å². The molecule has 1 aliphatic rings. The quantitative estimate of drug-likeness (QED) is 0.897. The van der Waals surface area contributed by atoms with Crippen molar-refractivity contribution in [3.05, 3.63) is 29.8 Å². The van der Waals surface area contributed by atoms with Crippen LogP contribution in [0, 0.1) is 0 Å². The first-order chi connectivity index (χ1) is 9.06. The Bertz CT molecular complexity index is 385. The highest BCUT2D eigenvalue weighted by molar-refractivity contribution is 5.48. The van der Waals surface area contributed by atoms with Crippen LogP contribution in [-0.2, 0) is 6.54 Å². The number of anilines is 1. The van der Waals surface area contributed by atoms with Gasteiger partial charge >= 0.3 is 0 Å². The molecule has 1 aliphatic heterocycles. The Morgan fingerprint density at radius 1 is 1.21 bits per heavy atom. The lowest BCUT2D eigenvalue weighted by molar-refractivity contribution is 0.234. The predicted octanol–water partition coefficient (Wildman–Crippen LogP) is 2.32. The van der Waals surface area contributed by atoms with E-state index in [1.165, 1.54) is 11.3 Å². The zero-order valence-electron chi connectivity index (χ0n) is 12.7. The summed E-state index contributed by atoms with van der Waals surface area (Å²) < 4.78 is 0. The summed E-state index contributed by atoms with van der Waals surface area (Å²) in [6.07, 6.45) is 0. The lowest BCUT2D eigenvalue weighted by Crippen LogP contribution is -2.50. The van der Waals surface area contributed by atoms with Gasteiger partial charge in [0.1, 0.15) is 0 Å². The maximum Gasteiger partial charge on any atom is 0.0367 e. The Morgan fingerprint density at radius 3 is 2.47 bits per heavy atom. The second-order valence-electron chi connectivity index (χ2n) is 5.98. The molecule has 1 unspecified atom stereocenters. The molecule has 1 aromatic rings. The standard InChI is InChI=1S/C16H27N3/c1-13(2)17-11-15-5-7-16(8-6-15)19-10-9-18(4)14(3)12-19/h5-8,13-14,17H,9-12H2,1-4H3. The first-order valence-corrected chi connectivity index (χ1v) is 7.34. The molecule has 0 bridgehead atoms. The van der Waals surface area contributed by atoms with Crippen LogP contribution in [0.5, 0.6) is 0 Å². The predicted molar refractivity (Wildman–Crippen MR) is 82.7 cm³/mol. The van der Waals surface area contributed by atoms with Gasteiger partial charge in [0.2, 0.25) is 0 Å². The fourth-order valence-electron chi connectivity index (χ4n) is 2.43. The lowest BCUT2D eigenvalue weighted by Gasteiger charge is -2.39. The SMILES string of the molecule is CC(C)NCc1ccc(N2CCN(C)C(C)C2)cc1. The second kappa shape index (κ2) is 6.40. The van der Waals surface area contributed by atoms with Gasteiger partial charge in [-0.15, -0.1) is 0 Å². The molecule has 3 heteroatoms. The molecule has 0 spiro atoms. The number of nitrogens with zero attached hydrogens (tertiary/aromatic N) is 2. The van der Waals surface area contributed by atoms with Gasteiger partial charge < -0.3 is 15.1 Å². The molecule has 1 fully saturated rings. The first kappa shape index (κ1) is 14.4. The summed E-state index contributed by atoms with van der Waals surface area (Å²) in [7, 11) is 2.21. The van der Waals surface area contributed by atoms with E-state index < -0.39 is 0 Å². The van der Waals surface area contributed by atoms with Crippen LogP contribution in [-0.4, -0.2) is 43.7 Å². The molecule has 19 heavy (non-hydrogen) atoms. The highest BCUT2D eigenvalue weighted by Crippen LogP contribution is 2.19. The smallest absolute Gasteiger partial charge is 0.0367 e. The van der Waals surface area contributed by atoms with Crippen molar-refractivity contribution < 1.29 is 0 Å². The second-order valence-corrected chi connectivity index (χ2v) is 5.98. The largest absolute Gasteiger partial charge is 0.369 e. The van der Waals surface area contributed by atoms with Crippen LogP contribution in [0.1, 0.15) is 26.3 Å². The van der Waals surface area contributed by atoms with E-state index >= 15 is 0 Å². The molecule has 0 amide bonds. The normalized spacial score (nSPS) is 21.1. The van der Waals surface area contributed by atoms with E-state index in [9.17, 15) is 0 Å². The highest BCUT2D eigenvalue weighted by atomic mass is 15.3. The summed E-state index contributed by atoms with van der Waals surface area (Å²) >= 11 is 0. The van der Waals surface area contributed by atoms with E-state index in [0.717, 1.165) is 26.2 Å². The fraction of sp³-hybridized carbons (Fsp3) is 0.625. The van der Waals surface area contributed by atoms with Crippen molar-refractivity contribution >= 4 is 5.69 Å². The van der Waals surface area contributed by atoms with Gasteiger partial charge in [-0.2, -0.15) is 0 Å². The molecule has 2 rings (SSSR count). The maximum absolute atomic E-state index is 3.45. The van der Waals surface area contributed by atoms with Crippen molar-refractivity contribution in [2.24, 2.45) is 0 Å². The van der Waals surface area contributed by atoms with Crippen molar-refractivity contribution in [1.29, 1.82) is 0 Å². The number of nitrogens with one attached hydrogen (secondary N) is 1. The number of rotatable bonds is 4. The fourth-order valence-corrected chi connectivity index (χ4v) is 2.43. The maximum atomic E-state index is 3.45. The summed E-state index contributed by atoms with van der Waals surface area (Å²) in [4.78, 5) is 4.92. The van der Waals surface area contributed by atoms with Crippen molar-refractivity contribution in [1.82, 2.24) is 10.2 Å². The molecule has 106 valence electrons. The molecule has 1 aromatic carbocycles. The number of likely N-dealkylation sites (N-methyl/N-ethyl adjacent to an activating group) is 1. The van der Waals surface area contributed by atoms with Gasteiger partial charge in [0.15, 0.2) is 0 Å². The summed E-state index contributed by atoms with van der Waals surface area (Å²) in [6.45, 7) is 11.0. The van der Waals surface area contributed by atoms with Crippen molar-refractivity contribution in [3.8, 4) is 0 Å². The highest BCUT2D eigenvalue weighted by Gasteiger charge is 2.20.